The van der Waals surface area contributed by atoms with Gasteiger partial charge >= 0.3 is 0 Å². The maximum absolute atomic E-state index is 13.7. The molecule has 0 aromatic heterocycles. The number of benzene rings is 1. The molecule has 0 aliphatic heterocycles. The third-order valence-corrected chi connectivity index (χ3v) is 10.1. The summed E-state index contributed by atoms with van der Waals surface area (Å²) in [5.41, 5.74) is 1.11. The van der Waals surface area contributed by atoms with Gasteiger partial charge in [-0.3, -0.25) is 14.4 Å². The lowest BCUT2D eigenvalue weighted by molar-refractivity contribution is -0.136. The minimum atomic E-state index is -1.06. The summed E-state index contributed by atoms with van der Waals surface area (Å²) in [6.07, 6.45) is 6.55. The molecule has 10 nitrogen and oxygen atoms in total. The third kappa shape index (κ3) is 16.8. The van der Waals surface area contributed by atoms with Gasteiger partial charge in [0.25, 0.3) is 0 Å². The summed E-state index contributed by atoms with van der Waals surface area (Å²) in [6, 6.07) is 9.41. The third-order valence-electron chi connectivity index (χ3n) is 10.1. The van der Waals surface area contributed by atoms with Crippen LogP contribution in [0.5, 0.6) is 0 Å². The van der Waals surface area contributed by atoms with Crippen molar-refractivity contribution in [1.29, 1.82) is 0 Å². The van der Waals surface area contributed by atoms with Crippen LogP contribution in [0.2, 0.25) is 0 Å². The number of nitrogens with zero attached hydrogens (tertiary/aromatic N) is 3. The number of hydrogen-bond acceptors (Lipinski definition) is 7. The second-order valence-electron chi connectivity index (χ2n) is 15.2. The molecule has 5 atom stereocenters. The van der Waals surface area contributed by atoms with Crippen LogP contribution in [-0.4, -0.2) is 122 Å². The van der Waals surface area contributed by atoms with Crippen LogP contribution in [0.3, 0.4) is 0 Å². The van der Waals surface area contributed by atoms with Gasteiger partial charge in [0.15, 0.2) is 0 Å². The van der Waals surface area contributed by atoms with Crippen LogP contribution >= 0.6 is 0 Å². The molecular formula is C39H69N5O5. The van der Waals surface area contributed by atoms with E-state index in [0.717, 1.165) is 50.9 Å². The minimum absolute atomic E-state index is 0.0708. The molecule has 0 saturated heterocycles. The summed E-state index contributed by atoms with van der Waals surface area (Å²) in [4.78, 5) is 46.7. The van der Waals surface area contributed by atoms with Gasteiger partial charge < -0.3 is 35.5 Å². The molecule has 1 fully saturated rings. The monoisotopic (exact) mass is 688 g/mol. The zero-order valence-corrected chi connectivity index (χ0v) is 31.7. The highest BCUT2D eigenvalue weighted by Gasteiger charge is 2.33. The molecule has 1 aromatic rings. The van der Waals surface area contributed by atoms with Gasteiger partial charge in [-0.25, -0.2) is 0 Å². The summed E-state index contributed by atoms with van der Waals surface area (Å²) >= 11 is 0. The predicted octanol–water partition coefficient (Wildman–Crippen LogP) is 3.94. The van der Waals surface area contributed by atoms with Crippen molar-refractivity contribution < 1.29 is 24.6 Å². The normalized spacial score (nSPS) is 17.1. The van der Waals surface area contributed by atoms with Gasteiger partial charge in [0, 0.05) is 52.1 Å². The van der Waals surface area contributed by atoms with Crippen LogP contribution in [-0.2, 0) is 20.8 Å². The number of aliphatic hydroxyl groups excluding tert-OH is 2. The summed E-state index contributed by atoms with van der Waals surface area (Å²) in [5.74, 6) is -0.942. The molecular weight excluding hydrogens is 618 g/mol. The Kier molecular flexibility index (Phi) is 20.0. The molecule has 0 radical (unpaired) electrons. The van der Waals surface area contributed by atoms with Crippen molar-refractivity contribution in [3.63, 3.8) is 0 Å². The first-order valence-electron chi connectivity index (χ1n) is 18.9. The fraction of sp³-hybridized carbons (Fsp3) is 0.769. The van der Waals surface area contributed by atoms with Gasteiger partial charge in [-0.05, 0) is 70.6 Å². The Balaban J connectivity index is 2.06. The highest BCUT2D eigenvalue weighted by atomic mass is 16.3. The van der Waals surface area contributed by atoms with Gasteiger partial charge in [-0.15, -0.1) is 0 Å². The number of aryl methyl sites for hydroxylation is 1. The van der Waals surface area contributed by atoms with E-state index in [0.29, 0.717) is 44.6 Å². The van der Waals surface area contributed by atoms with Crippen molar-refractivity contribution in [3.05, 3.63) is 35.9 Å². The van der Waals surface area contributed by atoms with Crippen molar-refractivity contribution in [3.8, 4) is 0 Å². The number of hydrogen-bond donors (Lipinski definition) is 4. The zero-order valence-electron chi connectivity index (χ0n) is 31.7. The average Bonchev–Trinajstić information content (AvgIpc) is 3.07. The van der Waals surface area contributed by atoms with Crippen molar-refractivity contribution >= 4 is 17.7 Å². The lowest BCUT2D eigenvalue weighted by Crippen LogP contribution is -2.52. The predicted molar refractivity (Wildman–Crippen MR) is 198 cm³/mol. The van der Waals surface area contributed by atoms with E-state index < -0.39 is 30.1 Å². The number of likely N-dealkylation sites (N-methyl/N-ethyl adjacent to an activating group) is 3. The van der Waals surface area contributed by atoms with Crippen LogP contribution in [0.15, 0.2) is 30.3 Å². The molecule has 280 valence electrons. The Morgan fingerprint density at radius 3 is 2.14 bits per heavy atom. The second kappa shape index (κ2) is 23.0. The standard InChI is InChI=1S/C39H69N5O5/c1-8-32(39(49)41-34(26-31-17-13-10-14-18-31)37(47)35(45)25-29(2)3)28-40-38(48)33(20-19-30-15-11-9-12-16-30)27-36(46)44(7)24-23-43(6)22-21-42(4)5/h9,11-12,15-16,29,31-35,37,45,47H,8,10,13-14,17-28H2,1-7H3,(H,40,48)(H,41,49)/t32-,33-,34+,35+,37-/m1/s1. The highest BCUT2D eigenvalue weighted by Crippen LogP contribution is 2.29. The molecule has 2 rings (SSSR count). The van der Waals surface area contributed by atoms with Crippen LogP contribution in [0.25, 0.3) is 0 Å². The first-order valence-corrected chi connectivity index (χ1v) is 18.9. The smallest absolute Gasteiger partial charge is 0.225 e. The summed E-state index contributed by atoms with van der Waals surface area (Å²) < 4.78 is 0. The minimum Gasteiger partial charge on any atom is -0.390 e. The highest BCUT2D eigenvalue weighted by molar-refractivity contribution is 5.86. The topological polar surface area (TPSA) is 125 Å². The van der Waals surface area contributed by atoms with Crippen molar-refractivity contribution in [2.75, 3.05) is 60.9 Å². The van der Waals surface area contributed by atoms with E-state index in [9.17, 15) is 24.6 Å². The number of carbonyl (C=O) groups excluding carboxylic acids is 3. The Bertz CT molecular complexity index is 1080. The Morgan fingerprint density at radius 2 is 1.53 bits per heavy atom. The van der Waals surface area contributed by atoms with Crippen LogP contribution in [0.1, 0.15) is 90.5 Å². The molecule has 4 N–H and O–H groups in total. The van der Waals surface area contributed by atoms with Crippen LogP contribution < -0.4 is 10.6 Å². The van der Waals surface area contributed by atoms with E-state index in [1.807, 2.05) is 72.2 Å². The summed E-state index contributed by atoms with van der Waals surface area (Å²) in [6.45, 7) is 9.23. The van der Waals surface area contributed by atoms with E-state index in [2.05, 4.69) is 20.4 Å². The molecule has 0 heterocycles. The van der Waals surface area contributed by atoms with E-state index in [-0.39, 0.29) is 36.6 Å². The second-order valence-corrected chi connectivity index (χ2v) is 15.2. The van der Waals surface area contributed by atoms with Crippen molar-refractivity contribution in [2.24, 2.45) is 23.7 Å². The maximum Gasteiger partial charge on any atom is 0.225 e. The molecule has 1 aliphatic rings. The molecule has 1 aromatic carbocycles. The van der Waals surface area contributed by atoms with Gasteiger partial charge in [0.05, 0.1) is 18.1 Å². The lowest BCUT2D eigenvalue weighted by Gasteiger charge is -2.33. The van der Waals surface area contributed by atoms with Gasteiger partial charge in [-0.1, -0.05) is 83.2 Å². The molecule has 1 saturated carbocycles. The number of carbonyl (C=O) groups is 3. The fourth-order valence-electron chi connectivity index (χ4n) is 6.65. The molecule has 0 bridgehead atoms. The Labute approximate surface area is 297 Å². The SMILES string of the molecule is CC[C@H](CNC(=O)[C@H](CCc1ccccc1)CC(=O)N(C)CCN(C)CCN(C)C)C(=O)N[C@@H](CC1CCCCC1)[C@@H](O)[C@@H](O)CC(C)C. The first kappa shape index (κ1) is 42.6. The fourth-order valence-corrected chi connectivity index (χ4v) is 6.65. The van der Waals surface area contributed by atoms with Gasteiger partial charge in [0.2, 0.25) is 17.7 Å². The molecule has 3 amide bonds. The quantitative estimate of drug-likeness (QED) is 0.137. The molecule has 0 unspecified atom stereocenters. The van der Waals surface area contributed by atoms with E-state index in [1.165, 1.54) is 6.42 Å². The number of amides is 3. The number of aliphatic hydroxyl groups is 2. The Morgan fingerprint density at radius 1 is 0.878 bits per heavy atom. The van der Waals surface area contributed by atoms with E-state index >= 15 is 0 Å². The molecule has 0 spiro atoms. The average molecular weight is 688 g/mol. The van der Waals surface area contributed by atoms with E-state index in [1.54, 1.807) is 11.9 Å². The zero-order chi connectivity index (χ0) is 36.3. The summed E-state index contributed by atoms with van der Waals surface area (Å²) in [5, 5.41) is 28.1. The van der Waals surface area contributed by atoms with Crippen LogP contribution in [0, 0.1) is 23.7 Å². The van der Waals surface area contributed by atoms with Crippen molar-refractivity contribution in [1.82, 2.24) is 25.3 Å². The molecule has 1 aliphatic carbocycles. The molecule has 10 heteroatoms. The Hall–Kier alpha value is -2.53. The lowest BCUT2D eigenvalue weighted by atomic mass is 9.82. The van der Waals surface area contributed by atoms with Crippen molar-refractivity contribution in [2.45, 2.75) is 110 Å². The molecule has 49 heavy (non-hydrogen) atoms. The van der Waals surface area contributed by atoms with E-state index in [4.69, 9.17) is 0 Å². The largest absolute Gasteiger partial charge is 0.390 e. The maximum atomic E-state index is 13.7. The summed E-state index contributed by atoms with van der Waals surface area (Å²) in [7, 11) is 7.92. The number of rotatable bonds is 23. The van der Waals surface area contributed by atoms with Gasteiger partial charge in [0.1, 0.15) is 6.10 Å². The first-order chi connectivity index (χ1) is 23.3. The van der Waals surface area contributed by atoms with Gasteiger partial charge in [-0.2, -0.15) is 0 Å². The van der Waals surface area contributed by atoms with Crippen LogP contribution in [0.4, 0.5) is 0 Å². The number of nitrogens with one attached hydrogen (secondary N) is 2.